The molecule has 0 aliphatic carbocycles. The zero-order valence-corrected chi connectivity index (χ0v) is 15.1. The van der Waals surface area contributed by atoms with E-state index in [0.29, 0.717) is 5.69 Å². The minimum absolute atomic E-state index is 0.166. The lowest BCUT2D eigenvalue weighted by atomic mass is 10.1. The summed E-state index contributed by atoms with van der Waals surface area (Å²) in [5.41, 5.74) is 2.18. The molecular formula is C16H21BrN2O3. The summed E-state index contributed by atoms with van der Waals surface area (Å²) in [6.07, 6.45) is 0. The minimum atomic E-state index is -0.643. The molecule has 1 aliphatic heterocycles. The highest BCUT2D eigenvalue weighted by Crippen LogP contribution is 2.29. The molecular weight excluding hydrogens is 348 g/mol. The van der Waals surface area contributed by atoms with E-state index in [9.17, 15) is 9.59 Å². The van der Waals surface area contributed by atoms with Crippen molar-refractivity contribution in [2.24, 2.45) is 0 Å². The summed E-state index contributed by atoms with van der Waals surface area (Å²) in [7, 11) is 0. The first-order valence-corrected chi connectivity index (χ1v) is 7.94. The van der Waals surface area contributed by atoms with Gasteiger partial charge in [-0.3, -0.25) is 4.79 Å². The highest BCUT2D eigenvalue weighted by Gasteiger charge is 2.39. The summed E-state index contributed by atoms with van der Waals surface area (Å²) in [4.78, 5) is 25.8. The van der Waals surface area contributed by atoms with Gasteiger partial charge in [-0.05, 0) is 57.9 Å². The number of halogens is 1. The number of nitrogens with zero attached hydrogens (tertiary/aromatic N) is 1. The topological polar surface area (TPSA) is 58.6 Å². The Morgan fingerprint density at radius 3 is 2.27 bits per heavy atom. The molecule has 0 radical (unpaired) electrons. The molecule has 1 aromatic rings. The Balaban J connectivity index is 2.22. The van der Waals surface area contributed by atoms with Gasteiger partial charge >= 0.3 is 6.03 Å². The number of anilines is 1. The average molecular weight is 369 g/mol. The molecule has 0 aromatic heterocycles. The number of rotatable bonds is 3. The van der Waals surface area contributed by atoms with Gasteiger partial charge in [0.2, 0.25) is 0 Å². The van der Waals surface area contributed by atoms with Gasteiger partial charge in [0.25, 0.3) is 5.91 Å². The van der Waals surface area contributed by atoms with Gasteiger partial charge in [-0.25, -0.2) is 9.69 Å². The van der Waals surface area contributed by atoms with E-state index in [-0.39, 0.29) is 18.1 Å². The highest BCUT2D eigenvalue weighted by molar-refractivity contribution is 9.10. The van der Waals surface area contributed by atoms with Crippen LogP contribution in [-0.4, -0.2) is 30.2 Å². The zero-order valence-electron chi connectivity index (χ0n) is 13.5. The Morgan fingerprint density at radius 1 is 1.23 bits per heavy atom. The number of hydrogen-bond acceptors (Lipinski definition) is 3. The molecule has 2 rings (SSSR count). The van der Waals surface area contributed by atoms with E-state index >= 15 is 0 Å². The standard InChI is InChI=1S/C16H21BrN2O3/c1-9-6-11(7-10(2)13(9)17)19-14(20)12(18-15(19)21)8-22-16(3,4)5/h6-7,12H,8H2,1-5H3,(H,18,21). The van der Waals surface area contributed by atoms with E-state index in [1.165, 1.54) is 4.90 Å². The Bertz CT molecular complexity index is 599. The molecule has 1 aromatic carbocycles. The fourth-order valence-electron chi connectivity index (χ4n) is 2.27. The maximum atomic E-state index is 12.5. The number of ether oxygens (including phenoxy) is 1. The first-order valence-electron chi connectivity index (χ1n) is 7.15. The second-order valence-electron chi connectivity index (χ2n) is 6.49. The molecule has 120 valence electrons. The van der Waals surface area contributed by atoms with Crippen LogP contribution in [0.2, 0.25) is 0 Å². The van der Waals surface area contributed by atoms with E-state index < -0.39 is 12.1 Å². The number of aryl methyl sites for hydroxylation is 2. The highest BCUT2D eigenvalue weighted by atomic mass is 79.9. The first kappa shape index (κ1) is 17.0. The zero-order chi connectivity index (χ0) is 16.7. The Labute approximate surface area is 139 Å². The van der Waals surface area contributed by atoms with Crippen LogP contribution in [0.25, 0.3) is 0 Å². The van der Waals surface area contributed by atoms with Crippen LogP contribution < -0.4 is 10.2 Å². The molecule has 5 nitrogen and oxygen atoms in total. The van der Waals surface area contributed by atoms with Crippen LogP contribution in [0.3, 0.4) is 0 Å². The molecule has 1 atom stereocenters. The Morgan fingerprint density at radius 2 is 1.77 bits per heavy atom. The normalized spacial score (nSPS) is 18.8. The van der Waals surface area contributed by atoms with Gasteiger partial charge in [-0.2, -0.15) is 0 Å². The molecule has 1 N–H and O–H groups in total. The van der Waals surface area contributed by atoms with E-state index in [0.717, 1.165) is 15.6 Å². The van der Waals surface area contributed by atoms with Crippen LogP contribution in [0, 0.1) is 13.8 Å². The number of hydrogen-bond donors (Lipinski definition) is 1. The predicted octanol–water partition coefficient (Wildman–Crippen LogP) is 3.31. The smallest absolute Gasteiger partial charge is 0.329 e. The third kappa shape index (κ3) is 3.50. The number of carbonyl (C=O) groups is 2. The number of imide groups is 1. The van der Waals surface area contributed by atoms with Gasteiger partial charge in [0.15, 0.2) is 0 Å². The summed E-state index contributed by atoms with van der Waals surface area (Å²) < 4.78 is 6.60. The number of benzene rings is 1. The lowest BCUT2D eigenvalue weighted by Crippen LogP contribution is -2.37. The second kappa shape index (κ2) is 6.01. The summed E-state index contributed by atoms with van der Waals surface area (Å²) in [6, 6.07) is 2.59. The van der Waals surface area contributed by atoms with Gasteiger partial charge in [0.05, 0.1) is 17.9 Å². The molecule has 1 heterocycles. The van der Waals surface area contributed by atoms with Crippen LogP contribution in [0.4, 0.5) is 10.5 Å². The summed E-state index contributed by atoms with van der Waals surface area (Å²) in [5.74, 6) is -0.282. The maximum Gasteiger partial charge on any atom is 0.329 e. The molecule has 1 aliphatic rings. The Hall–Kier alpha value is -1.40. The molecule has 0 spiro atoms. The van der Waals surface area contributed by atoms with Crippen molar-refractivity contribution in [1.29, 1.82) is 0 Å². The van der Waals surface area contributed by atoms with Crippen molar-refractivity contribution in [2.45, 2.75) is 46.3 Å². The molecule has 1 unspecified atom stereocenters. The molecule has 0 bridgehead atoms. The fourth-order valence-corrected chi connectivity index (χ4v) is 2.50. The number of nitrogens with one attached hydrogen (secondary N) is 1. The van der Waals surface area contributed by atoms with Crippen LogP contribution in [-0.2, 0) is 9.53 Å². The summed E-state index contributed by atoms with van der Waals surface area (Å²) in [6.45, 7) is 9.76. The SMILES string of the molecule is Cc1cc(N2C(=O)NC(COC(C)(C)C)C2=O)cc(C)c1Br. The van der Waals surface area contributed by atoms with Crippen molar-refractivity contribution >= 4 is 33.6 Å². The van der Waals surface area contributed by atoms with E-state index in [1.807, 2.05) is 46.8 Å². The van der Waals surface area contributed by atoms with Gasteiger partial charge < -0.3 is 10.1 Å². The number of urea groups is 1. The van der Waals surface area contributed by atoms with Gasteiger partial charge in [0.1, 0.15) is 6.04 Å². The lowest BCUT2D eigenvalue weighted by molar-refractivity contribution is -0.121. The third-order valence-corrected chi connectivity index (χ3v) is 4.63. The van der Waals surface area contributed by atoms with Crippen molar-refractivity contribution < 1.29 is 14.3 Å². The largest absolute Gasteiger partial charge is 0.373 e. The summed E-state index contributed by atoms with van der Waals surface area (Å²) >= 11 is 3.49. The van der Waals surface area contributed by atoms with E-state index in [1.54, 1.807) is 0 Å². The van der Waals surface area contributed by atoms with E-state index in [2.05, 4.69) is 21.2 Å². The van der Waals surface area contributed by atoms with Crippen LogP contribution in [0.15, 0.2) is 16.6 Å². The molecule has 6 heteroatoms. The van der Waals surface area contributed by atoms with E-state index in [4.69, 9.17) is 4.74 Å². The molecule has 22 heavy (non-hydrogen) atoms. The van der Waals surface area contributed by atoms with Gasteiger partial charge in [-0.1, -0.05) is 15.9 Å². The Kier molecular flexibility index (Phi) is 4.63. The molecule has 3 amide bonds. The second-order valence-corrected chi connectivity index (χ2v) is 7.29. The van der Waals surface area contributed by atoms with Crippen LogP contribution in [0.1, 0.15) is 31.9 Å². The van der Waals surface area contributed by atoms with Crippen molar-refractivity contribution in [3.8, 4) is 0 Å². The lowest BCUT2D eigenvalue weighted by Gasteiger charge is -2.21. The molecule has 0 saturated carbocycles. The minimum Gasteiger partial charge on any atom is -0.373 e. The van der Waals surface area contributed by atoms with Crippen molar-refractivity contribution in [2.75, 3.05) is 11.5 Å². The number of amides is 3. The quantitative estimate of drug-likeness (QED) is 0.832. The predicted molar refractivity (Wildman–Crippen MR) is 89.1 cm³/mol. The van der Waals surface area contributed by atoms with Crippen LogP contribution in [0.5, 0.6) is 0 Å². The van der Waals surface area contributed by atoms with Crippen LogP contribution >= 0.6 is 15.9 Å². The average Bonchev–Trinajstić information content (AvgIpc) is 2.67. The van der Waals surface area contributed by atoms with Crippen molar-refractivity contribution in [3.05, 3.63) is 27.7 Å². The molecule has 1 saturated heterocycles. The molecule has 1 fully saturated rings. The van der Waals surface area contributed by atoms with Crippen molar-refractivity contribution in [3.63, 3.8) is 0 Å². The summed E-state index contributed by atoms with van der Waals surface area (Å²) in [5, 5.41) is 2.68. The monoisotopic (exact) mass is 368 g/mol. The van der Waals surface area contributed by atoms with Gasteiger partial charge in [0, 0.05) is 4.47 Å². The fraction of sp³-hybridized carbons (Fsp3) is 0.500. The van der Waals surface area contributed by atoms with Gasteiger partial charge in [-0.15, -0.1) is 0 Å². The third-order valence-electron chi connectivity index (χ3n) is 3.38. The van der Waals surface area contributed by atoms with Crippen molar-refractivity contribution in [1.82, 2.24) is 5.32 Å². The first-order chi connectivity index (χ1) is 10.1. The maximum absolute atomic E-state index is 12.5. The number of carbonyl (C=O) groups excluding carboxylic acids is 2.